The highest BCUT2D eigenvalue weighted by Gasteiger charge is 2.47. The third-order valence-corrected chi connectivity index (χ3v) is 10.3. The van der Waals surface area contributed by atoms with Gasteiger partial charge in [0.15, 0.2) is 11.5 Å². The van der Waals surface area contributed by atoms with Gasteiger partial charge in [0.2, 0.25) is 16.8 Å². The minimum Gasteiger partial charge on any atom is -0.497 e. The average Bonchev–Trinajstić information content (AvgIpc) is 3.59. The van der Waals surface area contributed by atoms with Crippen LogP contribution in [0.25, 0.3) is 0 Å². The molecule has 3 atom stereocenters. The van der Waals surface area contributed by atoms with E-state index in [1.54, 1.807) is 13.2 Å². The molecule has 1 N–H and O–H groups in total. The van der Waals surface area contributed by atoms with Crippen molar-refractivity contribution in [3.63, 3.8) is 0 Å². The van der Waals surface area contributed by atoms with Gasteiger partial charge in [0, 0.05) is 38.1 Å². The van der Waals surface area contributed by atoms with Gasteiger partial charge in [0.05, 0.1) is 17.9 Å². The van der Waals surface area contributed by atoms with Crippen molar-refractivity contribution in [2.45, 2.75) is 44.0 Å². The summed E-state index contributed by atoms with van der Waals surface area (Å²) in [6, 6.07) is 17.9. The summed E-state index contributed by atoms with van der Waals surface area (Å²) in [4.78, 5) is 15.3. The summed E-state index contributed by atoms with van der Waals surface area (Å²) in [6.45, 7) is 7.25. The van der Waals surface area contributed by atoms with Crippen molar-refractivity contribution in [2.24, 2.45) is 5.92 Å². The van der Waals surface area contributed by atoms with Gasteiger partial charge in [-0.05, 0) is 67.3 Å². The quantitative estimate of drug-likeness (QED) is 0.331. The number of likely N-dealkylation sites (tertiary alicyclic amines) is 1. The molecule has 2 aliphatic rings. The third-order valence-electron chi connectivity index (χ3n) is 8.22. The highest BCUT2D eigenvalue weighted by molar-refractivity contribution is 7.89. The lowest BCUT2D eigenvalue weighted by Gasteiger charge is -2.30. The maximum absolute atomic E-state index is 13.8. The van der Waals surface area contributed by atoms with Gasteiger partial charge in [0.1, 0.15) is 5.75 Å². The van der Waals surface area contributed by atoms with Crippen molar-refractivity contribution in [2.75, 3.05) is 40.1 Å². The van der Waals surface area contributed by atoms with E-state index >= 15 is 0 Å². The number of fused-ring (bicyclic) bond motifs is 1. The van der Waals surface area contributed by atoms with E-state index in [0.29, 0.717) is 53.8 Å². The van der Waals surface area contributed by atoms with E-state index in [4.69, 9.17) is 14.2 Å². The number of sulfonamides is 1. The molecule has 0 spiro atoms. The van der Waals surface area contributed by atoms with Crippen LogP contribution in [0.5, 0.6) is 17.2 Å². The number of hydrogen-bond donors (Lipinski definition) is 1. The third kappa shape index (κ3) is 5.84. The smallest absolute Gasteiger partial charge is 0.309 e. The van der Waals surface area contributed by atoms with Crippen LogP contribution in [0.15, 0.2) is 65.6 Å². The fraction of sp³-hybridized carbons (Fsp3) is 0.406. The molecule has 5 rings (SSSR count). The van der Waals surface area contributed by atoms with E-state index in [-0.39, 0.29) is 19.3 Å². The molecule has 42 heavy (non-hydrogen) atoms. The van der Waals surface area contributed by atoms with Gasteiger partial charge >= 0.3 is 5.97 Å². The molecule has 1 saturated heterocycles. The minimum atomic E-state index is -3.75. The zero-order valence-corrected chi connectivity index (χ0v) is 25.3. The summed E-state index contributed by atoms with van der Waals surface area (Å²) in [6.07, 6.45) is 0.656. The molecule has 10 heteroatoms. The number of methoxy groups -OCH3 is 1. The molecular weight excluding hydrogens is 556 g/mol. The largest absolute Gasteiger partial charge is 0.497 e. The normalized spacial score (nSPS) is 20.3. The Kier molecular flexibility index (Phi) is 8.77. The van der Waals surface area contributed by atoms with Gasteiger partial charge in [-0.25, -0.2) is 8.42 Å². The number of benzene rings is 3. The molecule has 0 saturated carbocycles. The summed E-state index contributed by atoms with van der Waals surface area (Å²) < 4.78 is 45.6. The number of ether oxygens (including phenoxy) is 3. The topological polar surface area (TPSA) is 106 Å². The fourth-order valence-electron chi connectivity index (χ4n) is 6.21. The molecule has 0 unspecified atom stereocenters. The van der Waals surface area contributed by atoms with Gasteiger partial charge in [-0.1, -0.05) is 42.8 Å². The molecule has 9 nitrogen and oxygen atoms in total. The second-order valence-electron chi connectivity index (χ2n) is 11.0. The lowest BCUT2D eigenvalue weighted by atomic mass is 9.82. The number of aryl methyl sites for hydroxylation is 2. The van der Waals surface area contributed by atoms with Gasteiger partial charge in [-0.3, -0.25) is 9.69 Å². The SMILES string of the molecule is CCCN(CCN1C[C@H](c2ccc3c(c2)OCO3)[C@H](C(=O)O)[C@H]1c1ccc(OC)cc1)S(=O)(=O)c1ccc(C)cc1C. The second kappa shape index (κ2) is 12.3. The van der Waals surface area contributed by atoms with Crippen LogP contribution in [0.1, 0.15) is 47.6 Å². The van der Waals surface area contributed by atoms with E-state index in [2.05, 4.69) is 4.90 Å². The predicted molar refractivity (Wildman–Crippen MR) is 159 cm³/mol. The molecular formula is C32H38N2O7S. The fourth-order valence-corrected chi connectivity index (χ4v) is 7.94. The minimum absolute atomic E-state index is 0.134. The predicted octanol–water partition coefficient (Wildman–Crippen LogP) is 4.98. The molecule has 0 aliphatic carbocycles. The van der Waals surface area contributed by atoms with Crippen molar-refractivity contribution in [3.05, 3.63) is 82.9 Å². The molecule has 2 aliphatic heterocycles. The van der Waals surface area contributed by atoms with Crippen molar-refractivity contribution in [1.82, 2.24) is 9.21 Å². The molecule has 2 heterocycles. The van der Waals surface area contributed by atoms with Crippen LogP contribution in [-0.4, -0.2) is 68.8 Å². The van der Waals surface area contributed by atoms with Crippen molar-refractivity contribution < 1.29 is 32.5 Å². The van der Waals surface area contributed by atoms with Crippen molar-refractivity contribution in [3.8, 4) is 17.2 Å². The Morgan fingerprint density at radius 3 is 2.38 bits per heavy atom. The number of carboxylic acids is 1. The molecule has 0 bridgehead atoms. The first-order valence-corrected chi connectivity index (χ1v) is 15.7. The number of nitrogens with zero attached hydrogens (tertiary/aromatic N) is 2. The zero-order chi connectivity index (χ0) is 30.0. The summed E-state index contributed by atoms with van der Waals surface area (Å²) in [5.41, 5.74) is 3.40. The molecule has 3 aromatic carbocycles. The maximum atomic E-state index is 13.8. The summed E-state index contributed by atoms with van der Waals surface area (Å²) in [5, 5.41) is 10.6. The summed E-state index contributed by atoms with van der Waals surface area (Å²) in [7, 11) is -2.16. The molecule has 0 amide bonds. The molecule has 224 valence electrons. The zero-order valence-electron chi connectivity index (χ0n) is 24.4. The van der Waals surface area contributed by atoms with Gasteiger partial charge in [-0.15, -0.1) is 0 Å². The maximum Gasteiger partial charge on any atom is 0.309 e. The van der Waals surface area contributed by atoms with Crippen LogP contribution in [0.2, 0.25) is 0 Å². The molecule has 0 radical (unpaired) electrons. The Balaban J connectivity index is 1.49. The number of aliphatic carboxylic acids is 1. The number of carbonyl (C=O) groups is 1. The Morgan fingerprint density at radius 2 is 1.71 bits per heavy atom. The Bertz CT molecular complexity index is 1540. The standard InChI is InChI=1S/C32H38N2O7S/c1-5-14-34(42(37,38)29-13-6-21(2)17-22(29)3)16-15-33-19-26(24-9-12-27-28(18-24)41-20-40-27)30(32(35)36)31(33)23-7-10-25(39-4)11-8-23/h6-13,17-18,26,30-31H,5,14-16,19-20H2,1-4H3,(H,35,36)/t26-,30+,31-/m1/s1. The first-order chi connectivity index (χ1) is 20.1. The summed E-state index contributed by atoms with van der Waals surface area (Å²) >= 11 is 0. The van der Waals surface area contributed by atoms with E-state index < -0.39 is 28.0 Å². The molecule has 0 aromatic heterocycles. The highest BCUT2D eigenvalue weighted by Crippen LogP contribution is 2.47. The number of hydrogen-bond acceptors (Lipinski definition) is 7. The second-order valence-corrected chi connectivity index (χ2v) is 12.9. The first-order valence-electron chi connectivity index (χ1n) is 14.2. The van der Waals surface area contributed by atoms with E-state index in [1.807, 2.05) is 75.4 Å². The van der Waals surface area contributed by atoms with Crippen LogP contribution in [0.3, 0.4) is 0 Å². The van der Waals surface area contributed by atoms with Crippen LogP contribution in [0.4, 0.5) is 0 Å². The molecule has 1 fully saturated rings. The molecule has 3 aromatic rings. The monoisotopic (exact) mass is 594 g/mol. The van der Waals surface area contributed by atoms with Crippen LogP contribution in [0, 0.1) is 19.8 Å². The number of rotatable bonds is 11. The highest BCUT2D eigenvalue weighted by atomic mass is 32.2. The van der Waals surface area contributed by atoms with Crippen LogP contribution in [-0.2, 0) is 14.8 Å². The average molecular weight is 595 g/mol. The van der Waals surface area contributed by atoms with Crippen LogP contribution >= 0.6 is 0 Å². The van der Waals surface area contributed by atoms with E-state index in [0.717, 1.165) is 16.7 Å². The Morgan fingerprint density at radius 1 is 1.00 bits per heavy atom. The lowest BCUT2D eigenvalue weighted by Crippen LogP contribution is -2.40. The van der Waals surface area contributed by atoms with Gasteiger partial charge in [-0.2, -0.15) is 4.31 Å². The number of carboxylic acid groups (broad SMARTS) is 1. The van der Waals surface area contributed by atoms with Crippen molar-refractivity contribution >= 4 is 16.0 Å². The van der Waals surface area contributed by atoms with Crippen molar-refractivity contribution in [1.29, 1.82) is 0 Å². The van der Waals surface area contributed by atoms with E-state index in [9.17, 15) is 18.3 Å². The first kappa shape index (κ1) is 29.9. The van der Waals surface area contributed by atoms with Crippen LogP contribution < -0.4 is 14.2 Å². The Hall–Kier alpha value is -3.60. The Labute approximate surface area is 247 Å². The van der Waals surface area contributed by atoms with Gasteiger partial charge in [0.25, 0.3) is 0 Å². The summed E-state index contributed by atoms with van der Waals surface area (Å²) in [5.74, 6) is -0.108. The lowest BCUT2D eigenvalue weighted by molar-refractivity contribution is -0.143. The van der Waals surface area contributed by atoms with E-state index in [1.165, 1.54) is 4.31 Å². The van der Waals surface area contributed by atoms with Gasteiger partial charge < -0.3 is 19.3 Å².